The summed E-state index contributed by atoms with van der Waals surface area (Å²) < 4.78 is 11.5. The van der Waals surface area contributed by atoms with Gasteiger partial charge < -0.3 is 14.8 Å². The second-order valence-electron chi connectivity index (χ2n) is 5.35. The Labute approximate surface area is 119 Å². The molecular formula is C15H20ClNO2. The van der Waals surface area contributed by atoms with Gasteiger partial charge in [0.15, 0.2) is 0 Å². The molecule has 1 aromatic carbocycles. The summed E-state index contributed by atoms with van der Waals surface area (Å²) in [4.78, 5) is 0. The third-order valence-electron chi connectivity index (χ3n) is 3.90. The summed E-state index contributed by atoms with van der Waals surface area (Å²) in [6.45, 7) is 3.77. The maximum atomic E-state index is 5.99. The van der Waals surface area contributed by atoms with E-state index < -0.39 is 0 Å². The first-order valence-electron chi connectivity index (χ1n) is 7.04. The van der Waals surface area contributed by atoms with E-state index >= 15 is 0 Å². The van der Waals surface area contributed by atoms with Gasteiger partial charge in [0, 0.05) is 30.6 Å². The molecule has 104 valence electrons. The lowest BCUT2D eigenvalue weighted by Crippen LogP contribution is -2.48. The molecule has 1 aromatic rings. The van der Waals surface area contributed by atoms with Gasteiger partial charge in [0.05, 0.1) is 6.10 Å². The quantitative estimate of drug-likeness (QED) is 0.900. The van der Waals surface area contributed by atoms with E-state index in [1.165, 1.54) is 5.56 Å². The number of hydrogen-bond donors (Lipinski definition) is 1. The minimum Gasteiger partial charge on any atom is -0.488 e. The van der Waals surface area contributed by atoms with Crippen molar-refractivity contribution in [3.05, 3.63) is 28.8 Å². The first kappa shape index (κ1) is 13.2. The standard InChI is InChI=1S/C15H20ClNO2/c1-2-18-13-7-12(8-13)17-9-14-6-10-5-11(16)3-4-15(10)19-14/h3-5,12-14,17H,2,6-9H2,1H3. The Bertz CT molecular complexity index is 446. The predicted molar refractivity (Wildman–Crippen MR) is 76.0 cm³/mol. The van der Waals surface area contributed by atoms with Crippen LogP contribution in [0.25, 0.3) is 0 Å². The van der Waals surface area contributed by atoms with Crippen molar-refractivity contribution in [2.24, 2.45) is 0 Å². The van der Waals surface area contributed by atoms with Crippen LogP contribution in [-0.2, 0) is 11.2 Å². The highest BCUT2D eigenvalue weighted by Gasteiger charge is 2.31. The van der Waals surface area contributed by atoms with Crippen LogP contribution in [0.5, 0.6) is 5.75 Å². The van der Waals surface area contributed by atoms with Crippen LogP contribution in [0.2, 0.25) is 5.02 Å². The SMILES string of the molecule is CCOC1CC(NCC2Cc3cc(Cl)ccc3O2)C1. The minimum absolute atomic E-state index is 0.236. The van der Waals surface area contributed by atoms with Gasteiger partial charge in [-0.15, -0.1) is 0 Å². The number of rotatable bonds is 5. The van der Waals surface area contributed by atoms with Gasteiger partial charge in [0.2, 0.25) is 0 Å². The smallest absolute Gasteiger partial charge is 0.123 e. The van der Waals surface area contributed by atoms with Crippen LogP contribution < -0.4 is 10.1 Å². The molecule has 1 heterocycles. The predicted octanol–water partition coefficient (Wildman–Crippen LogP) is 2.80. The maximum Gasteiger partial charge on any atom is 0.123 e. The lowest BCUT2D eigenvalue weighted by Gasteiger charge is -2.36. The van der Waals surface area contributed by atoms with Crippen molar-refractivity contribution in [2.45, 2.75) is 44.4 Å². The van der Waals surface area contributed by atoms with Crippen LogP contribution in [0, 0.1) is 0 Å². The Morgan fingerprint density at radius 2 is 2.26 bits per heavy atom. The third kappa shape index (κ3) is 3.04. The molecule has 0 spiro atoms. The second-order valence-corrected chi connectivity index (χ2v) is 5.79. The monoisotopic (exact) mass is 281 g/mol. The number of ether oxygens (including phenoxy) is 2. The van der Waals surface area contributed by atoms with E-state index in [0.29, 0.717) is 12.1 Å². The molecule has 0 amide bonds. The summed E-state index contributed by atoms with van der Waals surface area (Å²) in [7, 11) is 0. The molecule has 4 heteroatoms. The van der Waals surface area contributed by atoms with Gasteiger partial charge >= 0.3 is 0 Å². The normalized spacial score (nSPS) is 28.6. The fourth-order valence-electron chi connectivity index (χ4n) is 2.81. The van der Waals surface area contributed by atoms with Gasteiger partial charge in [-0.2, -0.15) is 0 Å². The van der Waals surface area contributed by atoms with E-state index in [1.54, 1.807) is 0 Å². The third-order valence-corrected chi connectivity index (χ3v) is 4.13. The van der Waals surface area contributed by atoms with Gasteiger partial charge in [-0.05, 0) is 43.5 Å². The summed E-state index contributed by atoms with van der Waals surface area (Å²) in [6, 6.07) is 6.44. The van der Waals surface area contributed by atoms with Crippen LogP contribution in [0.15, 0.2) is 18.2 Å². The molecule has 3 rings (SSSR count). The van der Waals surface area contributed by atoms with Crippen LogP contribution in [0.1, 0.15) is 25.3 Å². The van der Waals surface area contributed by atoms with Gasteiger partial charge in [-0.3, -0.25) is 0 Å². The molecule has 2 aliphatic rings. The van der Waals surface area contributed by atoms with E-state index in [1.807, 2.05) is 18.2 Å². The van der Waals surface area contributed by atoms with Crippen LogP contribution in [-0.4, -0.2) is 31.4 Å². The lowest BCUT2D eigenvalue weighted by atomic mass is 9.89. The molecule has 0 radical (unpaired) electrons. The first-order valence-corrected chi connectivity index (χ1v) is 7.42. The molecule has 0 bridgehead atoms. The highest BCUT2D eigenvalue weighted by atomic mass is 35.5. The number of halogens is 1. The number of nitrogens with one attached hydrogen (secondary N) is 1. The molecule has 3 nitrogen and oxygen atoms in total. The zero-order chi connectivity index (χ0) is 13.2. The summed E-state index contributed by atoms with van der Waals surface area (Å²) in [5.41, 5.74) is 1.22. The molecule has 1 aliphatic heterocycles. The van der Waals surface area contributed by atoms with Crippen molar-refractivity contribution < 1.29 is 9.47 Å². The topological polar surface area (TPSA) is 30.5 Å². The molecule has 1 fully saturated rings. The zero-order valence-corrected chi connectivity index (χ0v) is 12.0. The van der Waals surface area contributed by atoms with E-state index in [2.05, 4.69) is 12.2 Å². The van der Waals surface area contributed by atoms with Crippen molar-refractivity contribution in [1.29, 1.82) is 0 Å². The van der Waals surface area contributed by atoms with Crippen molar-refractivity contribution in [3.63, 3.8) is 0 Å². The summed E-state index contributed by atoms with van der Waals surface area (Å²) in [6.07, 6.45) is 3.89. The van der Waals surface area contributed by atoms with E-state index in [-0.39, 0.29) is 6.10 Å². The Balaban J connectivity index is 1.42. The molecule has 1 aliphatic carbocycles. The molecule has 0 saturated heterocycles. The van der Waals surface area contributed by atoms with Crippen LogP contribution in [0.4, 0.5) is 0 Å². The van der Waals surface area contributed by atoms with Gasteiger partial charge in [0.1, 0.15) is 11.9 Å². The van der Waals surface area contributed by atoms with E-state index in [0.717, 1.165) is 43.2 Å². The average molecular weight is 282 g/mol. The molecule has 1 saturated carbocycles. The Kier molecular flexibility index (Phi) is 3.96. The Hall–Kier alpha value is -0.770. The highest BCUT2D eigenvalue weighted by Crippen LogP contribution is 2.31. The first-order chi connectivity index (χ1) is 9.24. The van der Waals surface area contributed by atoms with Crippen molar-refractivity contribution in [1.82, 2.24) is 5.32 Å². The van der Waals surface area contributed by atoms with Crippen molar-refractivity contribution in [3.8, 4) is 5.75 Å². The minimum atomic E-state index is 0.236. The molecular weight excluding hydrogens is 262 g/mol. The van der Waals surface area contributed by atoms with Gasteiger partial charge in [0.25, 0.3) is 0 Å². The molecule has 0 aromatic heterocycles. The van der Waals surface area contributed by atoms with Crippen molar-refractivity contribution in [2.75, 3.05) is 13.2 Å². The molecule has 1 atom stereocenters. The maximum absolute atomic E-state index is 5.99. The Morgan fingerprint density at radius 3 is 3.05 bits per heavy atom. The zero-order valence-electron chi connectivity index (χ0n) is 11.2. The summed E-state index contributed by atoms with van der Waals surface area (Å²) >= 11 is 5.99. The van der Waals surface area contributed by atoms with Gasteiger partial charge in [-0.1, -0.05) is 11.6 Å². The number of benzene rings is 1. The Morgan fingerprint density at radius 1 is 1.42 bits per heavy atom. The molecule has 19 heavy (non-hydrogen) atoms. The highest BCUT2D eigenvalue weighted by molar-refractivity contribution is 6.30. The fraction of sp³-hybridized carbons (Fsp3) is 0.600. The second kappa shape index (κ2) is 5.70. The summed E-state index contributed by atoms with van der Waals surface area (Å²) in [5, 5.41) is 4.35. The number of hydrogen-bond acceptors (Lipinski definition) is 3. The largest absolute Gasteiger partial charge is 0.488 e. The lowest BCUT2D eigenvalue weighted by molar-refractivity contribution is -0.0114. The van der Waals surface area contributed by atoms with Crippen molar-refractivity contribution >= 4 is 11.6 Å². The summed E-state index contributed by atoms with van der Waals surface area (Å²) in [5.74, 6) is 0.983. The molecule has 1 unspecified atom stereocenters. The van der Waals surface area contributed by atoms with Gasteiger partial charge in [-0.25, -0.2) is 0 Å². The van der Waals surface area contributed by atoms with E-state index in [9.17, 15) is 0 Å². The average Bonchev–Trinajstić information content (AvgIpc) is 2.73. The molecule has 1 N–H and O–H groups in total. The van der Waals surface area contributed by atoms with Crippen LogP contribution >= 0.6 is 11.6 Å². The van der Waals surface area contributed by atoms with Crippen LogP contribution in [0.3, 0.4) is 0 Å². The number of fused-ring (bicyclic) bond motifs is 1. The van der Waals surface area contributed by atoms with E-state index in [4.69, 9.17) is 21.1 Å². The fourth-order valence-corrected chi connectivity index (χ4v) is 3.00.